The maximum absolute atomic E-state index is 12.5. The SMILES string of the molecule is CCC(=O)NCc1ccccc1CS(=O)(=O)N1CCOCC1. The average molecular weight is 326 g/mol. The molecule has 1 aromatic carbocycles. The van der Waals surface area contributed by atoms with Crippen LogP contribution in [0.15, 0.2) is 24.3 Å². The lowest BCUT2D eigenvalue weighted by molar-refractivity contribution is -0.120. The van der Waals surface area contributed by atoms with Crippen LogP contribution in [0.25, 0.3) is 0 Å². The van der Waals surface area contributed by atoms with E-state index in [9.17, 15) is 13.2 Å². The first kappa shape index (κ1) is 16.9. The number of carbonyl (C=O) groups is 1. The summed E-state index contributed by atoms with van der Waals surface area (Å²) in [6, 6.07) is 7.30. The summed E-state index contributed by atoms with van der Waals surface area (Å²) in [7, 11) is -3.36. The molecule has 1 aliphatic rings. The zero-order valence-corrected chi connectivity index (χ0v) is 13.6. The number of ether oxygens (including phenoxy) is 1. The molecule has 1 aromatic rings. The number of morpholine rings is 1. The van der Waals surface area contributed by atoms with E-state index in [-0.39, 0.29) is 11.7 Å². The molecule has 6 nitrogen and oxygen atoms in total. The average Bonchev–Trinajstić information content (AvgIpc) is 2.54. The molecule has 0 unspecified atom stereocenters. The summed E-state index contributed by atoms with van der Waals surface area (Å²) < 4.78 is 31.6. The number of sulfonamides is 1. The van der Waals surface area contributed by atoms with E-state index >= 15 is 0 Å². The van der Waals surface area contributed by atoms with Gasteiger partial charge in [-0.3, -0.25) is 4.79 Å². The number of hydrogen-bond donors (Lipinski definition) is 1. The van der Waals surface area contributed by atoms with Crippen molar-refractivity contribution in [3.05, 3.63) is 35.4 Å². The molecule has 1 N–H and O–H groups in total. The van der Waals surface area contributed by atoms with Gasteiger partial charge in [0.2, 0.25) is 15.9 Å². The van der Waals surface area contributed by atoms with Crippen LogP contribution in [0.4, 0.5) is 0 Å². The minimum atomic E-state index is -3.36. The molecule has 7 heteroatoms. The van der Waals surface area contributed by atoms with Gasteiger partial charge in [0.15, 0.2) is 0 Å². The summed E-state index contributed by atoms with van der Waals surface area (Å²) in [6.07, 6.45) is 0.411. The maximum Gasteiger partial charge on any atom is 0.219 e. The van der Waals surface area contributed by atoms with Gasteiger partial charge >= 0.3 is 0 Å². The minimum Gasteiger partial charge on any atom is -0.379 e. The van der Waals surface area contributed by atoms with Gasteiger partial charge in [-0.15, -0.1) is 0 Å². The fourth-order valence-corrected chi connectivity index (χ4v) is 3.86. The Labute approximate surface area is 131 Å². The molecule has 1 heterocycles. The van der Waals surface area contributed by atoms with Crippen molar-refractivity contribution in [1.82, 2.24) is 9.62 Å². The van der Waals surface area contributed by atoms with Gasteiger partial charge in [-0.1, -0.05) is 31.2 Å². The summed E-state index contributed by atoms with van der Waals surface area (Å²) in [5.41, 5.74) is 1.56. The molecule has 2 rings (SSSR count). The molecular formula is C15H22N2O4S. The van der Waals surface area contributed by atoms with Gasteiger partial charge in [-0.05, 0) is 11.1 Å². The van der Waals surface area contributed by atoms with Crippen LogP contribution in [0.1, 0.15) is 24.5 Å². The highest BCUT2D eigenvalue weighted by molar-refractivity contribution is 7.88. The Morgan fingerprint density at radius 1 is 1.23 bits per heavy atom. The van der Waals surface area contributed by atoms with Crippen LogP contribution >= 0.6 is 0 Å². The van der Waals surface area contributed by atoms with Gasteiger partial charge in [0.05, 0.1) is 19.0 Å². The molecule has 0 bridgehead atoms. The molecule has 0 aliphatic carbocycles. The minimum absolute atomic E-state index is 0.0501. The van der Waals surface area contributed by atoms with Gasteiger partial charge in [0.1, 0.15) is 0 Å². The van der Waals surface area contributed by atoms with E-state index in [0.29, 0.717) is 39.3 Å². The number of nitrogens with one attached hydrogen (secondary N) is 1. The van der Waals surface area contributed by atoms with Gasteiger partial charge < -0.3 is 10.1 Å². The predicted molar refractivity (Wildman–Crippen MR) is 83.6 cm³/mol. The summed E-state index contributed by atoms with van der Waals surface area (Å²) >= 11 is 0. The van der Waals surface area contributed by atoms with Crippen LogP contribution in [0.3, 0.4) is 0 Å². The largest absolute Gasteiger partial charge is 0.379 e. The number of hydrogen-bond acceptors (Lipinski definition) is 4. The van der Waals surface area contributed by atoms with Gasteiger partial charge in [0, 0.05) is 26.1 Å². The van der Waals surface area contributed by atoms with Crippen molar-refractivity contribution in [2.45, 2.75) is 25.6 Å². The van der Waals surface area contributed by atoms with E-state index in [1.807, 2.05) is 18.2 Å². The van der Waals surface area contributed by atoms with E-state index in [0.717, 1.165) is 11.1 Å². The molecule has 1 aliphatic heterocycles. The number of amides is 1. The van der Waals surface area contributed by atoms with E-state index < -0.39 is 10.0 Å². The van der Waals surface area contributed by atoms with Crippen LogP contribution in [0, 0.1) is 0 Å². The van der Waals surface area contributed by atoms with Crippen molar-refractivity contribution in [2.24, 2.45) is 0 Å². The standard InChI is InChI=1S/C15H22N2O4S/c1-2-15(18)16-11-13-5-3-4-6-14(13)12-22(19,20)17-7-9-21-10-8-17/h3-6H,2,7-12H2,1H3,(H,16,18). The van der Waals surface area contributed by atoms with Crippen LogP contribution < -0.4 is 5.32 Å². The number of nitrogens with zero attached hydrogens (tertiary/aromatic N) is 1. The monoisotopic (exact) mass is 326 g/mol. The fourth-order valence-electron chi connectivity index (χ4n) is 2.30. The highest BCUT2D eigenvalue weighted by atomic mass is 32.2. The van der Waals surface area contributed by atoms with Gasteiger partial charge in [0.25, 0.3) is 0 Å². The third-order valence-electron chi connectivity index (χ3n) is 3.62. The second-order valence-electron chi connectivity index (χ2n) is 5.17. The second kappa shape index (κ2) is 7.71. The smallest absolute Gasteiger partial charge is 0.219 e. The van der Waals surface area contributed by atoms with Crippen LogP contribution in [0.5, 0.6) is 0 Å². The first-order valence-corrected chi connectivity index (χ1v) is 9.03. The van der Waals surface area contributed by atoms with Crippen molar-refractivity contribution in [3.63, 3.8) is 0 Å². The maximum atomic E-state index is 12.5. The third kappa shape index (κ3) is 4.53. The van der Waals surface area contributed by atoms with Crippen molar-refractivity contribution >= 4 is 15.9 Å². The Hall–Kier alpha value is -1.44. The Morgan fingerprint density at radius 2 is 1.86 bits per heavy atom. The zero-order valence-electron chi connectivity index (χ0n) is 12.7. The molecule has 22 heavy (non-hydrogen) atoms. The Morgan fingerprint density at radius 3 is 2.50 bits per heavy atom. The summed E-state index contributed by atoms with van der Waals surface area (Å²) in [4.78, 5) is 11.4. The van der Waals surface area contributed by atoms with Crippen LogP contribution in [0.2, 0.25) is 0 Å². The van der Waals surface area contributed by atoms with Crippen LogP contribution in [-0.2, 0) is 31.9 Å². The lowest BCUT2D eigenvalue weighted by Gasteiger charge is -2.26. The number of rotatable bonds is 6. The summed E-state index contributed by atoms with van der Waals surface area (Å²) in [5.74, 6) is -0.101. The number of carbonyl (C=O) groups excluding carboxylic acids is 1. The molecule has 0 aromatic heterocycles. The van der Waals surface area contributed by atoms with E-state index in [1.54, 1.807) is 13.0 Å². The van der Waals surface area contributed by atoms with Gasteiger partial charge in [-0.25, -0.2) is 8.42 Å². The van der Waals surface area contributed by atoms with E-state index in [2.05, 4.69) is 5.32 Å². The highest BCUT2D eigenvalue weighted by Gasteiger charge is 2.25. The first-order chi connectivity index (χ1) is 10.5. The van der Waals surface area contributed by atoms with Crippen molar-refractivity contribution in [2.75, 3.05) is 26.3 Å². The molecule has 1 amide bonds. The molecule has 0 saturated carbocycles. The third-order valence-corrected chi connectivity index (χ3v) is 5.44. The van der Waals surface area contributed by atoms with Gasteiger partial charge in [-0.2, -0.15) is 4.31 Å². The zero-order chi connectivity index (χ0) is 16.0. The van der Waals surface area contributed by atoms with Crippen molar-refractivity contribution < 1.29 is 17.9 Å². The van der Waals surface area contributed by atoms with Crippen LogP contribution in [-0.4, -0.2) is 44.9 Å². The Balaban J connectivity index is 2.09. The molecule has 1 fully saturated rings. The highest BCUT2D eigenvalue weighted by Crippen LogP contribution is 2.16. The molecule has 0 radical (unpaired) electrons. The lowest BCUT2D eigenvalue weighted by atomic mass is 10.1. The second-order valence-corrected chi connectivity index (χ2v) is 7.14. The molecule has 0 atom stereocenters. The molecule has 0 spiro atoms. The molecular weight excluding hydrogens is 304 g/mol. The Kier molecular flexibility index (Phi) is 5.93. The normalized spacial score (nSPS) is 16.4. The van der Waals surface area contributed by atoms with Crippen molar-refractivity contribution in [3.8, 4) is 0 Å². The predicted octanol–water partition coefficient (Wildman–Crippen LogP) is 0.875. The summed E-state index contributed by atoms with van der Waals surface area (Å²) in [6.45, 7) is 3.81. The van der Waals surface area contributed by atoms with Crippen molar-refractivity contribution in [1.29, 1.82) is 0 Å². The summed E-state index contributed by atoms with van der Waals surface area (Å²) in [5, 5.41) is 2.79. The van der Waals surface area contributed by atoms with E-state index in [4.69, 9.17) is 4.74 Å². The quantitative estimate of drug-likeness (QED) is 0.842. The number of benzene rings is 1. The molecule has 1 saturated heterocycles. The topological polar surface area (TPSA) is 75.7 Å². The fraction of sp³-hybridized carbons (Fsp3) is 0.533. The lowest BCUT2D eigenvalue weighted by Crippen LogP contribution is -2.41. The first-order valence-electron chi connectivity index (χ1n) is 7.42. The Bertz CT molecular complexity index is 610. The molecule has 122 valence electrons. The van der Waals surface area contributed by atoms with E-state index in [1.165, 1.54) is 4.31 Å².